The lowest BCUT2D eigenvalue weighted by atomic mass is 10.1. The molecule has 3 aromatic rings. The van der Waals surface area contributed by atoms with Gasteiger partial charge >= 0.3 is 6.18 Å². The molecule has 0 radical (unpaired) electrons. The fraction of sp³-hybridized carbons (Fsp3) is 0.294. The molecule has 0 bridgehead atoms. The average Bonchev–Trinajstić information content (AvgIpc) is 3.24. The van der Waals surface area contributed by atoms with Crippen molar-refractivity contribution in [3.05, 3.63) is 48.3 Å². The molecule has 0 unspecified atom stereocenters. The number of rotatable bonds is 5. The van der Waals surface area contributed by atoms with Crippen LogP contribution in [0.3, 0.4) is 0 Å². The van der Waals surface area contributed by atoms with E-state index in [0.717, 1.165) is 12.1 Å². The summed E-state index contributed by atoms with van der Waals surface area (Å²) in [7, 11) is 0. The number of hydrogen-bond acceptors (Lipinski definition) is 4. The molecule has 10 heteroatoms. The third-order valence-corrected chi connectivity index (χ3v) is 3.69. The van der Waals surface area contributed by atoms with Crippen molar-refractivity contribution in [3.8, 4) is 11.3 Å². The average molecular weight is 378 g/mol. The highest BCUT2D eigenvalue weighted by Crippen LogP contribution is 2.30. The summed E-state index contributed by atoms with van der Waals surface area (Å²) >= 11 is 0. The van der Waals surface area contributed by atoms with Crippen molar-refractivity contribution in [2.45, 2.75) is 32.6 Å². The number of nitrogens with zero attached hydrogens (tertiary/aromatic N) is 5. The molecule has 1 aromatic carbocycles. The molecule has 27 heavy (non-hydrogen) atoms. The number of hydrogen-bond donors (Lipinski definition) is 1. The highest BCUT2D eigenvalue weighted by Gasteiger charge is 2.30. The lowest BCUT2D eigenvalue weighted by molar-refractivity contribution is -0.137. The van der Waals surface area contributed by atoms with Crippen molar-refractivity contribution in [3.63, 3.8) is 0 Å². The normalized spacial score (nSPS) is 11.8. The van der Waals surface area contributed by atoms with Crippen molar-refractivity contribution in [1.82, 2.24) is 24.8 Å². The van der Waals surface area contributed by atoms with Crippen LogP contribution in [0.4, 0.5) is 19.0 Å². The maximum atomic E-state index is 12.6. The van der Waals surface area contributed by atoms with E-state index in [2.05, 4.69) is 20.6 Å². The Labute approximate surface area is 152 Å². The molecular weight excluding hydrogens is 361 g/mol. The largest absolute Gasteiger partial charge is 0.416 e. The van der Waals surface area contributed by atoms with E-state index in [1.165, 1.54) is 27.8 Å². The highest BCUT2D eigenvalue weighted by molar-refractivity contribution is 5.89. The van der Waals surface area contributed by atoms with Gasteiger partial charge in [0.25, 0.3) is 0 Å². The third kappa shape index (κ3) is 4.52. The van der Waals surface area contributed by atoms with Gasteiger partial charge < -0.3 is 5.32 Å². The molecule has 0 aliphatic carbocycles. The van der Waals surface area contributed by atoms with Crippen LogP contribution < -0.4 is 5.32 Å². The Kier molecular flexibility index (Phi) is 4.98. The Morgan fingerprint density at radius 2 is 1.85 bits per heavy atom. The Morgan fingerprint density at radius 3 is 2.44 bits per heavy atom. The Balaban J connectivity index is 1.64. The molecule has 0 aliphatic heterocycles. The number of carbonyl (C=O) groups is 1. The second kappa shape index (κ2) is 7.22. The molecule has 0 atom stereocenters. The van der Waals surface area contributed by atoms with Crippen LogP contribution in [0.25, 0.3) is 11.3 Å². The molecule has 0 spiro atoms. The van der Waals surface area contributed by atoms with Gasteiger partial charge in [0.1, 0.15) is 6.54 Å². The molecule has 2 heterocycles. The van der Waals surface area contributed by atoms with Gasteiger partial charge in [-0.3, -0.25) is 9.48 Å². The second-order valence-corrected chi connectivity index (χ2v) is 6.17. The topological polar surface area (TPSA) is 77.6 Å². The third-order valence-electron chi connectivity index (χ3n) is 3.69. The van der Waals surface area contributed by atoms with Gasteiger partial charge in [0, 0.05) is 11.8 Å². The van der Waals surface area contributed by atoms with E-state index in [-0.39, 0.29) is 18.5 Å². The summed E-state index contributed by atoms with van der Waals surface area (Å²) in [4.78, 5) is 13.6. The zero-order valence-electron chi connectivity index (χ0n) is 14.6. The summed E-state index contributed by atoms with van der Waals surface area (Å²) in [5.74, 6) is -0.00306. The van der Waals surface area contributed by atoms with Crippen molar-refractivity contribution in [2.24, 2.45) is 0 Å². The number of benzene rings is 1. The Bertz CT molecular complexity index is 927. The smallest absolute Gasteiger partial charge is 0.306 e. The van der Waals surface area contributed by atoms with Gasteiger partial charge in [-0.1, -0.05) is 12.1 Å². The summed E-state index contributed by atoms with van der Waals surface area (Å²) in [6.07, 6.45) is -1.35. The summed E-state index contributed by atoms with van der Waals surface area (Å²) in [6, 6.07) is 6.40. The molecule has 2 aromatic heterocycles. The lowest BCUT2D eigenvalue weighted by Gasteiger charge is -2.06. The van der Waals surface area contributed by atoms with Gasteiger partial charge in [-0.25, -0.2) is 0 Å². The van der Waals surface area contributed by atoms with Crippen LogP contribution in [-0.2, 0) is 17.5 Å². The first-order valence-corrected chi connectivity index (χ1v) is 8.15. The molecule has 0 saturated heterocycles. The monoisotopic (exact) mass is 378 g/mol. The Hall–Kier alpha value is -3.17. The molecule has 7 nitrogen and oxygen atoms in total. The van der Waals surface area contributed by atoms with Gasteiger partial charge in [0.05, 0.1) is 23.5 Å². The van der Waals surface area contributed by atoms with Gasteiger partial charge in [0.2, 0.25) is 5.91 Å². The molecule has 142 valence electrons. The highest BCUT2D eigenvalue weighted by atomic mass is 19.4. The minimum absolute atomic E-state index is 0.0603. The number of alkyl halides is 3. The first kappa shape index (κ1) is 18.6. The van der Waals surface area contributed by atoms with Crippen LogP contribution in [0.1, 0.15) is 25.5 Å². The minimum Gasteiger partial charge on any atom is -0.306 e. The predicted molar refractivity (Wildman–Crippen MR) is 91.7 cm³/mol. The number of halogens is 3. The van der Waals surface area contributed by atoms with Crippen molar-refractivity contribution < 1.29 is 18.0 Å². The second-order valence-electron chi connectivity index (χ2n) is 6.17. The fourth-order valence-electron chi connectivity index (χ4n) is 2.35. The molecule has 3 rings (SSSR count). The van der Waals surface area contributed by atoms with Crippen molar-refractivity contribution in [1.29, 1.82) is 0 Å². The van der Waals surface area contributed by atoms with E-state index in [4.69, 9.17) is 0 Å². The number of aromatic nitrogens is 5. The molecule has 1 N–H and O–H groups in total. The number of carbonyl (C=O) groups excluding carboxylic acids is 1. The van der Waals surface area contributed by atoms with E-state index in [1.54, 1.807) is 12.3 Å². The van der Waals surface area contributed by atoms with E-state index >= 15 is 0 Å². The van der Waals surface area contributed by atoms with Gasteiger partial charge in [0.15, 0.2) is 5.82 Å². The molecule has 0 aliphatic rings. The first-order valence-electron chi connectivity index (χ1n) is 8.15. The standard InChI is InChI=1S/C17H17F3N6O/c1-11(2)26-21-9-15(24-26)22-16(27)10-25-8-7-14(23-25)12-3-5-13(6-4-12)17(18,19)20/h3-9,11H,10H2,1-2H3,(H,22,24,27). The number of anilines is 1. The summed E-state index contributed by atoms with van der Waals surface area (Å²) in [6.45, 7) is 3.77. The van der Waals surface area contributed by atoms with Crippen LogP contribution in [0.15, 0.2) is 42.7 Å². The zero-order valence-corrected chi connectivity index (χ0v) is 14.6. The van der Waals surface area contributed by atoms with E-state index in [9.17, 15) is 18.0 Å². The van der Waals surface area contributed by atoms with Crippen LogP contribution >= 0.6 is 0 Å². The van der Waals surface area contributed by atoms with Crippen molar-refractivity contribution in [2.75, 3.05) is 5.32 Å². The molecule has 1 amide bonds. The maximum Gasteiger partial charge on any atom is 0.416 e. The zero-order chi connectivity index (χ0) is 19.6. The van der Waals surface area contributed by atoms with Crippen LogP contribution in [-0.4, -0.2) is 30.7 Å². The van der Waals surface area contributed by atoms with E-state index in [1.807, 2.05) is 13.8 Å². The number of amides is 1. The molecule has 0 fully saturated rings. The first-order chi connectivity index (χ1) is 12.7. The number of nitrogens with one attached hydrogen (secondary N) is 1. The summed E-state index contributed by atoms with van der Waals surface area (Å²) in [5.41, 5.74) is 0.281. The summed E-state index contributed by atoms with van der Waals surface area (Å²) < 4.78 is 39.3. The fourth-order valence-corrected chi connectivity index (χ4v) is 2.35. The van der Waals surface area contributed by atoms with E-state index < -0.39 is 11.7 Å². The van der Waals surface area contributed by atoms with Gasteiger partial charge in [-0.2, -0.15) is 28.2 Å². The van der Waals surface area contributed by atoms with Crippen molar-refractivity contribution >= 4 is 11.7 Å². The van der Waals surface area contributed by atoms with Crippen LogP contribution in [0.5, 0.6) is 0 Å². The quantitative estimate of drug-likeness (QED) is 0.738. The molecular formula is C17H17F3N6O. The molecule has 0 saturated carbocycles. The lowest BCUT2D eigenvalue weighted by Crippen LogP contribution is -2.19. The minimum atomic E-state index is -4.38. The van der Waals surface area contributed by atoms with Gasteiger partial charge in [-0.15, -0.1) is 5.10 Å². The van der Waals surface area contributed by atoms with Crippen LogP contribution in [0.2, 0.25) is 0 Å². The Morgan fingerprint density at radius 1 is 1.15 bits per heavy atom. The maximum absolute atomic E-state index is 12.6. The SMILES string of the molecule is CC(C)n1ncc(NC(=O)Cn2ccc(-c3ccc(C(F)(F)F)cc3)n2)n1. The van der Waals surface area contributed by atoms with Gasteiger partial charge in [-0.05, 0) is 32.0 Å². The predicted octanol–water partition coefficient (Wildman–Crippen LogP) is 3.38. The van der Waals surface area contributed by atoms with E-state index in [0.29, 0.717) is 17.1 Å². The van der Waals surface area contributed by atoms with Crippen LogP contribution in [0, 0.1) is 0 Å². The summed E-state index contributed by atoms with van der Waals surface area (Å²) in [5, 5.41) is 15.0.